The molecule has 2 N–H and O–H groups in total. The van der Waals surface area contributed by atoms with Crippen molar-refractivity contribution in [2.24, 2.45) is 0 Å². The van der Waals surface area contributed by atoms with Crippen molar-refractivity contribution in [3.8, 4) is 0 Å². The second-order valence-corrected chi connectivity index (χ2v) is 4.98. The predicted octanol–water partition coefficient (Wildman–Crippen LogP) is 1.17. The molecule has 100 valence electrons. The van der Waals surface area contributed by atoms with Crippen LogP contribution in [-0.4, -0.2) is 29.8 Å². The molecule has 0 spiro atoms. The summed E-state index contributed by atoms with van der Waals surface area (Å²) in [6.07, 6.45) is 2.86. The number of aliphatic hydroxyl groups is 1. The summed E-state index contributed by atoms with van der Waals surface area (Å²) in [7, 11) is 0. The maximum absolute atomic E-state index is 11.8. The van der Waals surface area contributed by atoms with E-state index >= 15 is 0 Å². The number of ether oxygens (including phenoxy) is 1. The second kappa shape index (κ2) is 5.12. The third-order valence-electron chi connectivity index (χ3n) is 3.18. The van der Waals surface area contributed by atoms with Crippen LogP contribution in [0.25, 0.3) is 0 Å². The van der Waals surface area contributed by atoms with Crippen LogP contribution in [0.5, 0.6) is 0 Å². The van der Waals surface area contributed by atoms with E-state index < -0.39 is 11.7 Å². The Hall–Kier alpha value is -1.33. The summed E-state index contributed by atoms with van der Waals surface area (Å²) in [5.74, 6) is 0.259. The van der Waals surface area contributed by atoms with E-state index in [-0.39, 0.29) is 18.6 Å². The number of nitrogens with one attached hydrogen (secondary N) is 1. The van der Waals surface area contributed by atoms with Crippen LogP contribution in [0.15, 0.2) is 22.8 Å². The molecule has 0 aliphatic carbocycles. The molecule has 1 fully saturated rings. The molecule has 0 radical (unpaired) electrons. The monoisotopic (exact) mass is 253 g/mol. The SMILES string of the molecule is CC1CCC(C(=O)NCC(C)(O)c2ccco2)O1. The smallest absolute Gasteiger partial charge is 0.249 e. The largest absolute Gasteiger partial charge is 0.466 e. The highest BCUT2D eigenvalue weighted by Gasteiger charge is 2.31. The van der Waals surface area contributed by atoms with E-state index in [1.54, 1.807) is 19.1 Å². The van der Waals surface area contributed by atoms with Crippen molar-refractivity contribution in [1.29, 1.82) is 0 Å². The lowest BCUT2D eigenvalue weighted by atomic mass is 10.0. The molecule has 5 nitrogen and oxygen atoms in total. The number of furan rings is 1. The Morgan fingerprint density at radius 1 is 1.61 bits per heavy atom. The van der Waals surface area contributed by atoms with E-state index in [4.69, 9.17) is 9.15 Å². The average Bonchev–Trinajstić information content (AvgIpc) is 2.96. The van der Waals surface area contributed by atoms with E-state index in [9.17, 15) is 9.90 Å². The summed E-state index contributed by atoms with van der Waals surface area (Å²) < 4.78 is 10.6. The van der Waals surface area contributed by atoms with Crippen LogP contribution < -0.4 is 5.32 Å². The Morgan fingerprint density at radius 3 is 2.94 bits per heavy atom. The Labute approximate surface area is 106 Å². The molecule has 0 saturated carbocycles. The van der Waals surface area contributed by atoms with Gasteiger partial charge in [-0.2, -0.15) is 0 Å². The minimum atomic E-state index is -1.20. The zero-order valence-corrected chi connectivity index (χ0v) is 10.7. The summed E-state index contributed by atoms with van der Waals surface area (Å²) in [6, 6.07) is 3.38. The molecule has 2 heterocycles. The van der Waals surface area contributed by atoms with Gasteiger partial charge < -0.3 is 19.6 Å². The molecule has 18 heavy (non-hydrogen) atoms. The summed E-state index contributed by atoms with van der Waals surface area (Å²) in [5, 5.41) is 12.9. The van der Waals surface area contributed by atoms with Gasteiger partial charge in [-0.25, -0.2) is 0 Å². The van der Waals surface area contributed by atoms with Gasteiger partial charge in [0, 0.05) is 0 Å². The highest BCUT2D eigenvalue weighted by atomic mass is 16.5. The van der Waals surface area contributed by atoms with Crippen molar-refractivity contribution < 1.29 is 19.1 Å². The first-order chi connectivity index (χ1) is 8.49. The summed E-state index contributed by atoms with van der Waals surface area (Å²) in [6.45, 7) is 3.66. The van der Waals surface area contributed by atoms with Crippen LogP contribution in [0.3, 0.4) is 0 Å². The minimum absolute atomic E-state index is 0.105. The van der Waals surface area contributed by atoms with Gasteiger partial charge in [0.1, 0.15) is 17.5 Å². The molecule has 1 aliphatic heterocycles. The van der Waals surface area contributed by atoms with E-state index in [0.29, 0.717) is 5.76 Å². The zero-order chi connectivity index (χ0) is 13.2. The maximum Gasteiger partial charge on any atom is 0.249 e. The second-order valence-electron chi connectivity index (χ2n) is 4.98. The van der Waals surface area contributed by atoms with Crippen LogP contribution in [0.2, 0.25) is 0 Å². The molecule has 1 saturated heterocycles. The van der Waals surface area contributed by atoms with Crippen LogP contribution in [-0.2, 0) is 15.1 Å². The first kappa shape index (κ1) is 13.1. The van der Waals surface area contributed by atoms with Crippen molar-refractivity contribution in [3.63, 3.8) is 0 Å². The molecule has 1 amide bonds. The zero-order valence-electron chi connectivity index (χ0n) is 10.7. The van der Waals surface area contributed by atoms with Gasteiger partial charge in [-0.1, -0.05) is 0 Å². The lowest BCUT2D eigenvalue weighted by Crippen LogP contribution is -2.42. The van der Waals surface area contributed by atoms with Crippen LogP contribution in [0.4, 0.5) is 0 Å². The van der Waals surface area contributed by atoms with Gasteiger partial charge in [0.25, 0.3) is 0 Å². The molecule has 0 aromatic carbocycles. The fourth-order valence-corrected chi connectivity index (χ4v) is 2.04. The van der Waals surface area contributed by atoms with Crippen molar-refractivity contribution in [1.82, 2.24) is 5.32 Å². The van der Waals surface area contributed by atoms with Crippen LogP contribution in [0, 0.1) is 0 Å². The van der Waals surface area contributed by atoms with E-state index in [1.165, 1.54) is 6.26 Å². The van der Waals surface area contributed by atoms with Crippen LogP contribution in [0.1, 0.15) is 32.4 Å². The van der Waals surface area contributed by atoms with Gasteiger partial charge in [-0.3, -0.25) is 4.79 Å². The molecule has 2 rings (SSSR count). The molecule has 0 bridgehead atoms. The lowest BCUT2D eigenvalue weighted by molar-refractivity contribution is -0.133. The standard InChI is InChI=1S/C13H19NO4/c1-9-5-6-10(18-9)12(15)14-8-13(2,16)11-4-3-7-17-11/h3-4,7,9-10,16H,5-6,8H2,1-2H3,(H,14,15). The van der Waals surface area contributed by atoms with Gasteiger partial charge in [0.15, 0.2) is 0 Å². The number of rotatable bonds is 4. The lowest BCUT2D eigenvalue weighted by Gasteiger charge is -2.22. The summed E-state index contributed by atoms with van der Waals surface area (Å²) >= 11 is 0. The van der Waals surface area contributed by atoms with E-state index in [2.05, 4.69) is 5.32 Å². The quantitative estimate of drug-likeness (QED) is 0.845. The van der Waals surface area contributed by atoms with Crippen molar-refractivity contribution in [3.05, 3.63) is 24.2 Å². The maximum atomic E-state index is 11.8. The van der Waals surface area contributed by atoms with Crippen molar-refractivity contribution >= 4 is 5.91 Å². The van der Waals surface area contributed by atoms with Gasteiger partial charge >= 0.3 is 0 Å². The molecule has 3 unspecified atom stereocenters. The normalized spacial score (nSPS) is 26.8. The van der Waals surface area contributed by atoms with E-state index in [1.807, 2.05) is 6.92 Å². The highest BCUT2D eigenvalue weighted by Crippen LogP contribution is 2.21. The van der Waals surface area contributed by atoms with Crippen LogP contribution >= 0.6 is 0 Å². The Morgan fingerprint density at radius 2 is 2.39 bits per heavy atom. The third kappa shape index (κ3) is 2.91. The highest BCUT2D eigenvalue weighted by molar-refractivity contribution is 5.81. The number of amides is 1. The molecular formula is C13H19NO4. The summed E-state index contributed by atoms with van der Waals surface area (Å²) in [4.78, 5) is 11.8. The van der Waals surface area contributed by atoms with Gasteiger partial charge in [0.05, 0.1) is 18.9 Å². The molecule has 5 heteroatoms. The first-order valence-electron chi connectivity index (χ1n) is 6.18. The molecular weight excluding hydrogens is 234 g/mol. The van der Waals surface area contributed by atoms with Gasteiger partial charge in [-0.15, -0.1) is 0 Å². The Bertz CT molecular complexity index is 399. The molecule has 3 atom stereocenters. The minimum Gasteiger partial charge on any atom is -0.466 e. The summed E-state index contributed by atoms with van der Waals surface area (Å²) in [5.41, 5.74) is -1.20. The van der Waals surface area contributed by atoms with E-state index in [0.717, 1.165) is 12.8 Å². The Balaban J connectivity index is 1.86. The van der Waals surface area contributed by atoms with Gasteiger partial charge in [-0.05, 0) is 38.8 Å². The third-order valence-corrected chi connectivity index (χ3v) is 3.18. The number of carbonyl (C=O) groups excluding carboxylic acids is 1. The first-order valence-corrected chi connectivity index (χ1v) is 6.18. The molecule has 1 aromatic heterocycles. The van der Waals surface area contributed by atoms with Gasteiger partial charge in [0.2, 0.25) is 5.91 Å². The Kier molecular flexibility index (Phi) is 3.73. The fourth-order valence-electron chi connectivity index (χ4n) is 2.04. The number of carbonyl (C=O) groups is 1. The van der Waals surface area contributed by atoms with Crippen molar-refractivity contribution in [2.45, 2.75) is 44.5 Å². The molecule has 1 aliphatic rings. The average molecular weight is 253 g/mol. The topological polar surface area (TPSA) is 71.7 Å². The fraction of sp³-hybridized carbons (Fsp3) is 0.615. The van der Waals surface area contributed by atoms with Crippen molar-refractivity contribution in [2.75, 3.05) is 6.54 Å². The number of hydrogen-bond acceptors (Lipinski definition) is 4. The predicted molar refractivity (Wildman–Crippen MR) is 64.9 cm³/mol. The number of hydrogen-bond donors (Lipinski definition) is 2. The molecule has 1 aromatic rings.